The molecular weight excluding hydrogens is 314 g/mol. The first kappa shape index (κ1) is 16.4. The molecule has 5 nitrogen and oxygen atoms in total. The zero-order valence-corrected chi connectivity index (χ0v) is 13.5. The van der Waals surface area contributed by atoms with Crippen LogP contribution in [0.3, 0.4) is 0 Å². The van der Waals surface area contributed by atoms with Crippen LogP contribution in [0.15, 0.2) is 79.3 Å². The Morgan fingerprint density at radius 2 is 2.04 bits per heavy atom. The number of amides is 1. The lowest BCUT2D eigenvalue weighted by molar-refractivity contribution is -0.111. The molecule has 5 heteroatoms. The van der Waals surface area contributed by atoms with Crippen molar-refractivity contribution in [1.29, 1.82) is 0 Å². The minimum Gasteiger partial charge on any atom is -0.487 e. The highest BCUT2D eigenvalue weighted by Crippen LogP contribution is 2.18. The van der Waals surface area contributed by atoms with Gasteiger partial charge in [-0.3, -0.25) is 14.8 Å². The molecule has 1 N–H and O–H groups in total. The third kappa shape index (κ3) is 5.28. The molecule has 2 heterocycles. The number of nitrogens with zero attached hydrogens (tertiary/aromatic N) is 2. The van der Waals surface area contributed by atoms with Crippen LogP contribution in [0.4, 0.5) is 5.69 Å². The van der Waals surface area contributed by atoms with E-state index in [0.29, 0.717) is 18.0 Å². The maximum atomic E-state index is 12.0. The van der Waals surface area contributed by atoms with E-state index in [-0.39, 0.29) is 5.91 Å². The number of carbonyl (C=O) groups excluding carboxylic acids is 1. The van der Waals surface area contributed by atoms with Crippen molar-refractivity contribution in [3.63, 3.8) is 0 Å². The summed E-state index contributed by atoms with van der Waals surface area (Å²) in [5.41, 5.74) is 2.38. The highest BCUT2D eigenvalue weighted by molar-refractivity contribution is 6.01. The molecule has 0 spiro atoms. The van der Waals surface area contributed by atoms with Crippen molar-refractivity contribution >= 4 is 17.7 Å². The number of anilines is 1. The third-order valence-corrected chi connectivity index (χ3v) is 3.33. The standard InChI is InChI=1S/C20H17N3O2/c24-20(10-9-16-5-4-11-21-14-16)23-17-7-3-8-19(13-17)25-15-18-6-1-2-12-22-18/h1-14H,15H2,(H,23,24)/b10-9+. The lowest BCUT2D eigenvalue weighted by atomic mass is 10.2. The average Bonchev–Trinajstić information content (AvgIpc) is 2.67. The second-order valence-electron chi connectivity index (χ2n) is 5.25. The summed E-state index contributed by atoms with van der Waals surface area (Å²) in [4.78, 5) is 20.2. The topological polar surface area (TPSA) is 64.1 Å². The predicted molar refractivity (Wildman–Crippen MR) is 96.9 cm³/mol. The number of benzene rings is 1. The minimum atomic E-state index is -0.217. The van der Waals surface area contributed by atoms with Crippen LogP contribution < -0.4 is 10.1 Å². The fourth-order valence-corrected chi connectivity index (χ4v) is 2.13. The van der Waals surface area contributed by atoms with Crippen molar-refractivity contribution in [2.45, 2.75) is 6.61 Å². The third-order valence-electron chi connectivity index (χ3n) is 3.33. The first-order valence-electron chi connectivity index (χ1n) is 7.81. The summed E-state index contributed by atoms with van der Waals surface area (Å²) in [6.07, 6.45) is 8.29. The molecule has 3 rings (SSSR count). The summed E-state index contributed by atoms with van der Waals surface area (Å²) in [6.45, 7) is 0.374. The molecule has 3 aromatic rings. The molecule has 1 aromatic carbocycles. The van der Waals surface area contributed by atoms with Crippen LogP contribution in [0, 0.1) is 0 Å². The van der Waals surface area contributed by atoms with Crippen LogP contribution in [-0.4, -0.2) is 15.9 Å². The van der Waals surface area contributed by atoms with Crippen molar-refractivity contribution in [3.8, 4) is 5.75 Å². The minimum absolute atomic E-state index is 0.217. The van der Waals surface area contributed by atoms with Crippen LogP contribution in [-0.2, 0) is 11.4 Å². The van der Waals surface area contributed by atoms with Gasteiger partial charge in [0.1, 0.15) is 12.4 Å². The number of hydrogen-bond acceptors (Lipinski definition) is 4. The normalized spacial score (nSPS) is 10.6. The molecule has 0 fully saturated rings. The SMILES string of the molecule is O=C(/C=C/c1cccnc1)Nc1cccc(OCc2ccccn2)c1. The summed E-state index contributed by atoms with van der Waals surface area (Å²) in [7, 11) is 0. The van der Waals surface area contributed by atoms with Crippen molar-refractivity contribution < 1.29 is 9.53 Å². The molecule has 0 bridgehead atoms. The first-order chi connectivity index (χ1) is 12.3. The molecule has 0 saturated carbocycles. The quantitative estimate of drug-likeness (QED) is 0.699. The molecule has 0 aliphatic carbocycles. The molecule has 25 heavy (non-hydrogen) atoms. The zero-order chi connectivity index (χ0) is 17.3. The second-order valence-corrected chi connectivity index (χ2v) is 5.25. The van der Waals surface area contributed by atoms with Gasteiger partial charge in [0, 0.05) is 36.4 Å². The first-order valence-corrected chi connectivity index (χ1v) is 7.81. The lowest BCUT2D eigenvalue weighted by Gasteiger charge is -2.08. The largest absolute Gasteiger partial charge is 0.487 e. The van der Waals surface area contributed by atoms with E-state index in [0.717, 1.165) is 11.3 Å². The number of nitrogens with one attached hydrogen (secondary N) is 1. The smallest absolute Gasteiger partial charge is 0.248 e. The van der Waals surface area contributed by atoms with E-state index in [2.05, 4.69) is 15.3 Å². The van der Waals surface area contributed by atoms with Gasteiger partial charge < -0.3 is 10.1 Å². The summed E-state index contributed by atoms with van der Waals surface area (Å²) in [5.74, 6) is 0.449. The number of rotatable bonds is 6. The lowest BCUT2D eigenvalue weighted by Crippen LogP contribution is -2.07. The van der Waals surface area contributed by atoms with Gasteiger partial charge in [0.05, 0.1) is 5.69 Å². The Balaban J connectivity index is 1.57. The summed E-state index contributed by atoms with van der Waals surface area (Å²) < 4.78 is 5.70. The average molecular weight is 331 g/mol. The molecule has 0 aliphatic rings. The van der Waals surface area contributed by atoms with Gasteiger partial charge >= 0.3 is 0 Å². The Hall–Kier alpha value is -3.47. The highest BCUT2D eigenvalue weighted by Gasteiger charge is 2.01. The molecule has 0 aliphatic heterocycles. The van der Waals surface area contributed by atoms with Crippen LogP contribution in [0.1, 0.15) is 11.3 Å². The van der Waals surface area contributed by atoms with Crippen molar-refractivity contribution in [2.75, 3.05) is 5.32 Å². The second kappa shape index (κ2) is 8.40. The predicted octanol–water partition coefficient (Wildman–Crippen LogP) is 3.71. The Labute approximate surface area is 146 Å². The Bertz CT molecular complexity index is 849. The maximum absolute atomic E-state index is 12.0. The van der Waals surface area contributed by atoms with Crippen LogP contribution >= 0.6 is 0 Å². The molecule has 0 radical (unpaired) electrons. The van der Waals surface area contributed by atoms with E-state index < -0.39 is 0 Å². The van der Waals surface area contributed by atoms with Crippen molar-refractivity contribution in [1.82, 2.24) is 9.97 Å². The van der Waals surface area contributed by atoms with E-state index in [9.17, 15) is 4.79 Å². The Morgan fingerprint density at radius 3 is 2.84 bits per heavy atom. The van der Waals surface area contributed by atoms with Gasteiger partial charge in [-0.15, -0.1) is 0 Å². The van der Waals surface area contributed by atoms with Crippen LogP contribution in [0.5, 0.6) is 5.75 Å². The van der Waals surface area contributed by atoms with Gasteiger partial charge in [-0.1, -0.05) is 18.2 Å². The maximum Gasteiger partial charge on any atom is 0.248 e. The van der Waals surface area contributed by atoms with Gasteiger partial charge in [0.15, 0.2) is 0 Å². The molecule has 1 amide bonds. The van der Waals surface area contributed by atoms with E-state index in [4.69, 9.17) is 4.74 Å². The van der Waals surface area contributed by atoms with Crippen LogP contribution in [0.25, 0.3) is 6.08 Å². The van der Waals surface area contributed by atoms with Gasteiger partial charge in [0.2, 0.25) is 5.91 Å². The van der Waals surface area contributed by atoms with Gasteiger partial charge in [-0.25, -0.2) is 0 Å². The van der Waals surface area contributed by atoms with E-state index >= 15 is 0 Å². The van der Waals surface area contributed by atoms with Crippen molar-refractivity contribution in [2.24, 2.45) is 0 Å². The summed E-state index contributed by atoms with van der Waals surface area (Å²) in [5, 5.41) is 2.81. The van der Waals surface area contributed by atoms with Gasteiger partial charge in [-0.2, -0.15) is 0 Å². The van der Waals surface area contributed by atoms with Crippen LogP contribution in [0.2, 0.25) is 0 Å². The number of pyridine rings is 2. The number of aromatic nitrogens is 2. The highest BCUT2D eigenvalue weighted by atomic mass is 16.5. The molecule has 0 unspecified atom stereocenters. The number of carbonyl (C=O) groups is 1. The van der Waals surface area contributed by atoms with E-state index in [1.54, 1.807) is 30.7 Å². The fraction of sp³-hybridized carbons (Fsp3) is 0.0500. The Kier molecular flexibility index (Phi) is 5.51. The van der Waals surface area contributed by atoms with Gasteiger partial charge in [0.25, 0.3) is 0 Å². The van der Waals surface area contributed by atoms with E-state index in [1.165, 1.54) is 6.08 Å². The Morgan fingerprint density at radius 1 is 1.08 bits per heavy atom. The monoisotopic (exact) mass is 331 g/mol. The fourth-order valence-electron chi connectivity index (χ4n) is 2.13. The van der Waals surface area contributed by atoms with E-state index in [1.807, 2.05) is 48.5 Å². The van der Waals surface area contributed by atoms with Gasteiger partial charge in [-0.05, 0) is 42.0 Å². The zero-order valence-electron chi connectivity index (χ0n) is 13.5. The number of ether oxygens (including phenoxy) is 1. The molecule has 0 atom stereocenters. The molecule has 124 valence electrons. The number of hydrogen-bond donors (Lipinski definition) is 1. The molecule has 2 aromatic heterocycles. The molecule has 0 saturated heterocycles. The molecular formula is C20H17N3O2. The summed E-state index contributed by atoms with van der Waals surface area (Å²) >= 11 is 0. The summed E-state index contributed by atoms with van der Waals surface area (Å²) in [6, 6.07) is 16.6. The van der Waals surface area contributed by atoms with Crippen molar-refractivity contribution in [3.05, 3.63) is 90.5 Å².